The van der Waals surface area contributed by atoms with Crippen LogP contribution in [-0.4, -0.2) is 27.1 Å². The highest BCUT2D eigenvalue weighted by molar-refractivity contribution is 7.92. The van der Waals surface area contributed by atoms with E-state index in [9.17, 15) is 22.0 Å². The SMILES string of the molecule is C[C@@H](NC(=O)c1ccc2c(c1)CCN2S(C)(=O)=O)c1ccc(F)c(F)c1. The molecule has 1 aliphatic rings. The van der Waals surface area contributed by atoms with Gasteiger partial charge in [-0.25, -0.2) is 17.2 Å². The highest BCUT2D eigenvalue weighted by Crippen LogP contribution is 2.30. The van der Waals surface area contributed by atoms with Gasteiger partial charge in [-0.05, 0) is 54.8 Å². The number of rotatable bonds is 4. The van der Waals surface area contributed by atoms with Crippen LogP contribution in [0.25, 0.3) is 0 Å². The molecule has 0 unspecified atom stereocenters. The van der Waals surface area contributed by atoms with Crippen molar-refractivity contribution >= 4 is 21.6 Å². The molecule has 138 valence electrons. The molecule has 0 saturated carbocycles. The molecule has 0 spiro atoms. The Bertz CT molecular complexity index is 976. The highest BCUT2D eigenvalue weighted by atomic mass is 32.2. The number of carbonyl (C=O) groups excluding carboxylic acids is 1. The first-order valence-electron chi connectivity index (χ1n) is 8.03. The van der Waals surface area contributed by atoms with E-state index in [1.807, 2.05) is 0 Å². The molecular weight excluding hydrogens is 362 g/mol. The molecule has 1 heterocycles. The maximum absolute atomic E-state index is 13.3. The molecule has 0 bridgehead atoms. The van der Waals surface area contributed by atoms with Crippen LogP contribution in [0.3, 0.4) is 0 Å². The van der Waals surface area contributed by atoms with Gasteiger partial charge < -0.3 is 5.32 Å². The average Bonchev–Trinajstić information content (AvgIpc) is 3.00. The lowest BCUT2D eigenvalue weighted by atomic mass is 10.1. The van der Waals surface area contributed by atoms with Crippen LogP contribution in [0, 0.1) is 11.6 Å². The summed E-state index contributed by atoms with van der Waals surface area (Å²) in [5, 5.41) is 2.73. The van der Waals surface area contributed by atoms with E-state index in [-0.39, 0.29) is 5.91 Å². The van der Waals surface area contributed by atoms with Gasteiger partial charge in [-0.3, -0.25) is 9.10 Å². The fraction of sp³-hybridized carbons (Fsp3) is 0.278. The molecule has 1 aliphatic heterocycles. The zero-order valence-electron chi connectivity index (χ0n) is 14.3. The second-order valence-corrected chi connectivity index (χ2v) is 8.20. The molecule has 0 aromatic heterocycles. The van der Waals surface area contributed by atoms with Gasteiger partial charge in [0, 0.05) is 12.1 Å². The Kier molecular flexibility index (Phi) is 4.70. The zero-order valence-corrected chi connectivity index (χ0v) is 15.1. The standard InChI is InChI=1S/C18H18F2N2O3S/c1-11(12-3-5-15(19)16(20)10-12)21-18(23)14-4-6-17-13(9-14)7-8-22(17)26(2,24)25/h3-6,9-11H,7-8H2,1-2H3,(H,21,23)/t11-/m1/s1. The van der Waals surface area contributed by atoms with Crippen molar-refractivity contribution < 1.29 is 22.0 Å². The van der Waals surface area contributed by atoms with Gasteiger partial charge in [-0.15, -0.1) is 0 Å². The number of hydrogen-bond donors (Lipinski definition) is 1. The smallest absolute Gasteiger partial charge is 0.251 e. The molecule has 1 amide bonds. The number of sulfonamides is 1. The molecular formula is C18H18F2N2O3S. The summed E-state index contributed by atoms with van der Waals surface area (Å²) in [6.07, 6.45) is 1.68. The van der Waals surface area contributed by atoms with E-state index in [1.165, 1.54) is 10.4 Å². The fourth-order valence-electron chi connectivity index (χ4n) is 3.00. The van der Waals surface area contributed by atoms with Crippen molar-refractivity contribution in [2.75, 3.05) is 17.1 Å². The van der Waals surface area contributed by atoms with E-state index < -0.39 is 27.7 Å². The molecule has 0 aliphatic carbocycles. The summed E-state index contributed by atoms with van der Waals surface area (Å²) < 4.78 is 51.2. The number of benzene rings is 2. The largest absolute Gasteiger partial charge is 0.346 e. The third kappa shape index (κ3) is 3.55. The molecule has 8 heteroatoms. The predicted octanol–water partition coefficient (Wildman–Crippen LogP) is 2.78. The summed E-state index contributed by atoms with van der Waals surface area (Å²) in [5.41, 5.74) is 2.19. The van der Waals surface area contributed by atoms with Gasteiger partial charge in [0.05, 0.1) is 18.0 Å². The van der Waals surface area contributed by atoms with Crippen molar-refractivity contribution in [2.24, 2.45) is 0 Å². The zero-order chi connectivity index (χ0) is 19.1. The molecule has 1 N–H and O–H groups in total. The summed E-state index contributed by atoms with van der Waals surface area (Å²) in [6, 6.07) is 7.79. The number of hydrogen-bond acceptors (Lipinski definition) is 3. The Balaban J connectivity index is 1.78. The molecule has 0 fully saturated rings. The third-order valence-corrected chi connectivity index (χ3v) is 5.57. The molecule has 26 heavy (non-hydrogen) atoms. The molecule has 2 aromatic rings. The second-order valence-electron chi connectivity index (χ2n) is 6.30. The summed E-state index contributed by atoms with van der Waals surface area (Å²) in [5.74, 6) is -2.29. The summed E-state index contributed by atoms with van der Waals surface area (Å²) >= 11 is 0. The van der Waals surface area contributed by atoms with Gasteiger partial charge in [-0.1, -0.05) is 6.07 Å². The minimum Gasteiger partial charge on any atom is -0.346 e. The Morgan fingerprint density at radius 1 is 1.15 bits per heavy atom. The monoisotopic (exact) mass is 380 g/mol. The van der Waals surface area contributed by atoms with E-state index in [1.54, 1.807) is 25.1 Å². The Labute approximate surface area is 150 Å². The number of amides is 1. The van der Waals surface area contributed by atoms with Crippen molar-refractivity contribution in [1.82, 2.24) is 5.32 Å². The summed E-state index contributed by atoms with van der Waals surface area (Å²) in [6.45, 7) is 2.02. The van der Waals surface area contributed by atoms with Crippen LogP contribution in [0.5, 0.6) is 0 Å². The van der Waals surface area contributed by atoms with E-state index in [4.69, 9.17) is 0 Å². The lowest BCUT2D eigenvalue weighted by Crippen LogP contribution is -2.28. The van der Waals surface area contributed by atoms with E-state index >= 15 is 0 Å². The number of fused-ring (bicyclic) bond motifs is 1. The van der Waals surface area contributed by atoms with Crippen molar-refractivity contribution in [3.05, 3.63) is 64.7 Å². The third-order valence-electron chi connectivity index (χ3n) is 4.39. The average molecular weight is 380 g/mol. The Hall–Kier alpha value is -2.48. The summed E-state index contributed by atoms with van der Waals surface area (Å²) in [7, 11) is -3.35. The van der Waals surface area contributed by atoms with Gasteiger partial charge in [0.2, 0.25) is 10.0 Å². The van der Waals surface area contributed by atoms with E-state index in [2.05, 4.69) is 5.32 Å². The maximum Gasteiger partial charge on any atom is 0.251 e. The first-order chi connectivity index (χ1) is 12.2. The Morgan fingerprint density at radius 3 is 2.54 bits per heavy atom. The first kappa shape index (κ1) is 18.3. The number of nitrogens with one attached hydrogen (secondary N) is 1. The fourth-order valence-corrected chi connectivity index (χ4v) is 3.96. The van der Waals surface area contributed by atoms with Gasteiger partial charge in [0.1, 0.15) is 0 Å². The normalized spacial score (nSPS) is 14.8. The van der Waals surface area contributed by atoms with Crippen LogP contribution in [0.15, 0.2) is 36.4 Å². The van der Waals surface area contributed by atoms with Crippen LogP contribution >= 0.6 is 0 Å². The molecule has 5 nitrogen and oxygen atoms in total. The van der Waals surface area contributed by atoms with E-state index in [0.717, 1.165) is 24.0 Å². The Morgan fingerprint density at radius 2 is 1.88 bits per heavy atom. The molecule has 1 atom stereocenters. The van der Waals surface area contributed by atoms with Crippen LogP contribution in [0.1, 0.15) is 34.5 Å². The first-order valence-corrected chi connectivity index (χ1v) is 9.88. The number of halogens is 2. The number of nitrogens with zero attached hydrogens (tertiary/aromatic N) is 1. The quantitative estimate of drug-likeness (QED) is 0.887. The van der Waals surface area contributed by atoms with Crippen molar-refractivity contribution in [3.63, 3.8) is 0 Å². The topological polar surface area (TPSA) is 66.5 Å². The van der Waals surface area contributed by atoms with Crippen molar-refractivity contribution in [1.29, 1.82) is 0 Å². The van der Waals surface area contributed by atoms with Gasteiger partial charge in [-0.2, -0.15) is 0 Å². The minimum atomic E-state index is -3.35. The van der Waals surface area contributed by atoms with Crippen LogP contribution in [0.2, 0.25) is 0 Å². The van der Waals surface area contributed by atoms with Gasteiger partial charge >= 0.3 is 0 Å². The number of anilines is 1. The van der Waals surface area contributed by atoms with Crippen LogP contribution in [-0.2, 0) is 16.4 Å². The molecule has 2 aromatic carbocycles. The van der Waals surface area contributed by atoms with Crippen LogP contribution in [0.4, 0.5) is 14.5 Å². The van der Waals surface area contributed by atoms with Crippen LogP contribution < -0.4 is 9.62 Å². The lowest BCUT2D eigenvalue weighted by molar-refractivity contribution is 0.0939. The maximum atomic E-state index is 13.3. The molecule has 0 saturated heterocycles. The minimum absolute atomic E-state index is 0.352. The highest BCUT2D eigenvalue weighted by Gasteiger charge is 2.27. The van der Waals surface area contributed by atoms with Gasteiger partial charge in [0.25, 0.3) is 5.91 Å². The van der Waals surface area contributed by atoms with Crippen molar-refractivity contribution in [2.45, 2.75) is 19.4 Å². The molecule has 0 radical (unpaired) electrons. The van der Waals surface area contributed by atoms with Crippen molar-refractivity contribution in [3.8, 4) is 0 Å². The predicted molar refractivity (Wildman–Crippen MR) is 94.6 cm³/mol. The second kappa shape index (κ2) is 6.68. The summed E-state index contributed by atoms with van der Waals surface area (Å²) in [4.78, 5) is 12.4. The number of carbonyl (C=O) groups is 1. The lowest BCUT2D eigenvalue weighted by Gasteiger charge is -2.17. The van der Waals surface area contributed by atoms with Gasteiger partial charge in [0.15, 0.2) is 11.6 Å². The molecule has 3 rings (SSSR count). The van der Waals surface area contributed by atoms with E-state index in [0.29, 0.717) is 29.8 Å².